The Labute approximate surface area is 79.1 Å². The Hall–Kier alpha value is -1.08. The number of halogens is 2. The fourth-order valence-electron chi connectivity index (χ4n) is 0.830. The van der Waals surface area contributed by atoms with Crippen molar-refractivity contribution >= 4 is 0 Å². The first-order valence-corrected chi connectivity index (χ1v) is 4.02. The van der Waals surface area contributed by atoms with Crippen molar-refractivity contribution in [3.05, 3.63) is 11.4 Å². The Morgan fingerprint density at radius 2 is 2.21 bits per heavy atom. The van der Waals surface area contributed by atoms with Crippen molar-refractivity contribution in [2.24, 2.45) is 0 Å². The number of aromatic nitrogens is 2. The van der Waals surface area contributed by atoms with Crippen LogP contribution in [0, 0.1) is 6.92 Å². The molecule has 0 spiro atoms. The Morgan fingerprint density at radius 1 is 1.50 bits per heavy atom. The maximum Gasteiger partial charge on any atom is 0.282 e. The van der Waals surface area contributed by atoms with Crippen LogP contribution in [-0.2, 0) is 6.54 Å². The first-order chi connectivity index (χ1) is 6.55. The Kier molecular flexibility index (Phi) is 3.48. The predicted molar refractivity (Wildman–Crippen MR) is 42.8 cm³/mol. The Morgan fingerprint density at radius 3 is 2.71 bits per heavy atom. The van der Waals surface area contributed by atoms with Crippen molar-refractivity contribution in [3.63, 3.8) is 0 Å². The molecule has 5 nitrogen and oxygen atoms in total. The number of alkyl halides is 2. The van der Waals surface area contributed by atoms with E-state index in [9.17, 15) is 8.78 Å². The molecule has 0 atom stereocenters. The quantitative estimate of drug-likeness (QED) is 0.716. The van der Waals surface area contributed by atoms with Gasteiger partial charge >= 0.3 is 0 Å². The summed E-state index contributed by atoms with van der Waals surface area (Å²) in [5.41, 5.74) is 1.04. The van der Waals surface area contributed by atoms with Gasteiger partial charge in [-0.2, -0.15) is 0 Å². The van der Waals surface area contributed by atoms with E-state index in [0.29, 0.717) is 11.4 Å². The number of hydrogen-bond acceptors (Lipinski definition) is 5. The van der Waals surface area contributed by atoms with Gasteiger partial charge in [0.05, 0.1) is 6.54 Å². The van der Waals surface area contributed by atoms with E-state index in [0.717, 1.165) is 0 Å². The minimum absolute atomic E-state index is 0.144. The van der Waals surface area contributed by atoms with Crippen LogP contribution in [0.3, 0.4) is 0 Å². The summed E-state index contributed by atoms with van der Waals surface area (Å²) in [5.74, 6) is -3.11. The standard InChI is InChI=1S/C7H11F2N3O2/c1-5-6(12-14-11-5)2-10-3-7(8,9)4-13/h10,13H,2-4H2,1H3. The summed E-state index contributed by atoms with van der Waals surface area (Å²) in [7, 11) is 0. The second-order valence-corrected chi connectivity index (χ2v) is 2.91. The number of aryl methyl sites for hydroxylation is 1. The van der Waals surface area contributed by atoms with Crippen LogP contribution in [0.5, 0.6) is 0 Å². The van der Waals surface area contributed by atoms with Crippen LogP contribution in [0.4, 0.5) is 8.78 Å². The highest BCUT2D eigenvalue weighted by atomic mass is 19.3. The molecule has 1 heterocycles. The van der Waals surface area contributed by atoms with Gasteiger partial charge in [0.2, 0.25) is 0 Å². The first kappa shape index (κ1) is 11.0. The average Bonchev–Trinajstić information content (AvgIpc) is 2.52. The van der Waals surface area contributed by atoms with Gasteiger partial charge in [-0.3, -0.25) is 0 Å². The lowest BCUT2D eigenvalue weighted by Gasteiger charge is -2.12. The monoisotopic (exact) mass is 207 g/mol. The summed E-state index contributed by atoms with van der Waals surface area (Å²) >= 11 is 0. The number of hydrogen-bond donors (Lipinski definition) is 2. The lowest BCUT2D eigenvalue weighted by Crippen LogP contribution is -2.35. The van der Waals surface area contributed by atoms with Crippen LogP contribution in [0.15, 0.2) is 4.63 Å². The van der Waals surface area contributed by atoms with Gasteiger partial charge in [-0.15, -0.1) is 0 Å². The van der Waals surface area contributed by atoms with Gasteiger partial charge in [0.1, 0.15) is 18.0 Å². The zero-order valence-corrected chi connectivity index (χ0v) is 7.63. The number of rotatable bonds is 5. The van der Waals surface area contributed by atoms with E-state index in [1.807, 2.05) is 0 Å². The molecule has 0 aliphatic rings. The van der Waals surface area contributed by atoms with Gasteiger partial charge in [-0.1, -0.05) is 10.3 Å². The van der Waals surface area contributed by atoms with Crippen LogP contribution < -0.4 is 5.32 Å². The van der Waals surface area contributed by atoms with Crippen molar-refractivity contribution in [2.75, 3.05) is 13.2 Å². The van der Waals surface area contributed by atoms with Gasteiger partial charge in [0.25, 0.3) is 5.92 Å². The molecule has 2 N–H and O–H groups in total. The maximum absolute atomic E-state index is 12.5. The van der Waals surface area contributed by atoms with Gasteiger partial charge < -0.3 is 10.4 Å². The second-order valence-electron chi connectivity index (χ2n) is 2.91. The molecular weight excluding hydrogens is 196 g/mol. The number of aliphatic hydroxyl groups is 1. The third-order valence-corrected chi connectivity index (χ3v) is 1.65. The minimum Gasteiger partial charge on any atom is -0.390 e. The molecule has 1 rings (SSSR count). The maximum atomic E-state index is 12.5. The van der Waals surface area contributed by atoms with E-state index in [2.05, 4.69) is 20.3 Å². The van der Waals surface area contributed by atoms with Crippen molar-refractivity contribution in [1.82, 2.24) is 15.6 Å². The summed E-state index contributed by atoms with van der Waals surface area (Å²) in [6, 6.07) is 0. The Balaban J connectivity index is 2.32. The van der Waals surface area contributed by atoms with Gasteiger partial charge in [-0.25, -0.2) is 13.4 Å². The molecule has 0 radical (unpaired) electrons. The fraction of sp³-hybridized carbons (Fsp3) is 0.714. The lowest BCUT2D eigenvalue weighted by molar-refractivity contribution is -0.0478. The lowest BCUT2D eigenvalue weighted by atomic mass is 10.3. The summed E-state index contributed by atoms with van der Waals surface area (Å²) in [6.45, 7) is 0.0362. The SMILES string of the molecule is Cc1nonc1CNCC(F)(F)CO. The van der Waals surface area contributed by atoms with E-state index in [1.54, 1.807) is 6.92 Å². The highest BCUT2D eigenvalue weighted by Crippen LogP contribution is 2.10. The van der Waals surface area contributed by atoms with Crippen LogP contribution in [0.25, 0.3) is 0 Å². The largest absolute Gasteiger partial charge is 0.390 e. The molecule has 80 valence electrons. The molecule has 0 fully saturated rings. The van der Waals surface area contributed by atoms with Crippen LogP contribution in [0.2, 0.25) is 0 Å². The summed E-state index contributed by atoms with van der Waals surface area (Å²) in [6.07, 6.45) is 0. The minimum atomic E-state index is -3.11. The zero-order valence-electron chi connectivity index (χ0n) is 7.63. The molecule has 0 bridgehead atoms. The van der Waals surface area contributed by atoms with E-state index in [-0.39, 0.29) is 6.54 Å². The van der Waals surface area contributed by atoms with Crippen LogP contribution >= 0.6 is 0 Å². The van der Waals surface area contributed by atoms with Crippen LogP contribution in [-0.4, -0.2) is 34.5 Å². The number of nitrogens with zero attached hydrogens (tertiary/aromatic N) is 2. The fourth-order valence-corrected chi connectivity index (χ4v) is 0.830. The molecule has 0 aliphatic carbocycles. The highest BCUT2D eigenvalue weighted by Gasteiger charge is 2.26. The van der Waals surface area contributed by atoms with Gasteiger partial charge in [0, 0.05) is 6.54 Å². The zero-order chi connectivity index (χ0) is 10.6. The molecule has 14 heavy (non-hydrogen) atoms. The van der Waals surface area contributed by atoms with E-state index < -0.39 is 19.1 Å². The first-order valence-electron chi connectivity index (χ1n) is 4.02. The highest BCUT2D eigenvalue weighted by molar-refractivity contribution is 5.03. The molecule has 1 aromatic rings. The summed E-state index contributed by atoms with van der Waals surface area (Å²) in [5, 5.41) is 17.7. The van der Waals surface area contributed by atoms with E-state index >= 15 is 0 Å². The van der Waals surface area contributed by atoms with Gasteiger partial charge in [-0.05, 0) is 6.92 Å². The topological polar surface area (TPSA) is 71.2 Å². The molecular formula is C7H11F2N3O2. The number of aliphatic hydroxyl groups excluding tert-OH is 1. The Bertz CT molecular complexity index is 290. The number of nitrogens with one attached hydrogen (secondary N) is 1. The third-order valence-electron chi connectivity index (χ3n) is 1.65. The van der Waals surface area contributed by atoms with Gasteiger partial charge in [0.15, 0.2) is 0 Å². The molecule has 0 unspecified atom stereocenters. The molecule has 1 aromatic heterocycles. The van der Waals surface area contributed by atoms with Crippen molar-refractivity contribution in [2.45, 2.75) is 19.4 Å². The van der Waals surface area contributed by atoms with E-state index in [1.165, 1.54) is 0 Å². The summed E-state index contributed by atoms with van der Waals surface area (Å²) < 4.78 is 29.4. The summed E-state index contributed by atoms with van der Waals surface area (Å²) in [4.78, 5) is 0. The molecule has 0 saturated carbocycles. The third kappa shape index (κ3) is 3.00. The molecule has 0 amide bonds. The molecule has 7 heteroatoms. The normalized spacial score (nSPS) is 12.0. The van der Waals surface area contributed by atoms with Crippen molar-refractivity contribution < 1.29 is 18.5 Å². The van der Waals surface area contributed by atoms with E-state index in [4.69, 9.17) is 5.11 Å². The predicted octanol–water partition coefficient (Wildman–Crippen LogP) is 0.0952. The smallest absolute Gasteiger partial charge is 0.282 e. The van der Waals surface area contributed by atoms with Crippen LogP contribution in [0.1, 0.15) is 11.4 Å². The second kappa shape index (κ2) is 4.43. The molecule has 0 aromatic carbocycles. The molecule has 0 saturated heterocycles. The van der Waals surface area contributed by atoms with Crippen molar-refractivity contribution in [1.29, 1.82) is 0 Å². The van der Waals surface area contributed by atoms with Crippen molar-refractivity contribution in [3.8, 4) is 0 Å². The molecule has 0 aliphatic heterocycles. The average molecular weight is 207 g/mol.